The number of hydrogen-bond acceptors (Lipinski definition) is 4. The Kier molecular flexibility index (Phi) is 3.95. The molecular weight excluding hydrogens is 346 g/mol. The summed E-state index contributed by atoms with van der Waals surface area (Å²) in [5.41, 5.74) is 4.41. The van der Waals surface area contributed by atoms with Crippen molar-refractivity contribution in [3.63, 3.8) is 0 Å². The van der Waals surface area contributed by atoms with Gasteiger partial charge in [0.05, 0.1) is 29.5 Å². The molecule has 0 N–H and O–H groups in total. The summed E-state index contributed by atoms with van der Waals surface area (Å²) in [6.45, 7) is 0. The molecule has 0 aliphatic carbocycles. The molecular formula is C24H17N3O. The van der Waals surface area contributed by atoms with E-state index in [4.69, 9.17) is 14.7 Å². The average Bonchev–Trinajstić information content (AvgIpc) is 2.77. The molecule has 0 atom stereocenters. The Labute approximate surface area is 162 Å². The lowest BCUT2D eigenvalue weighted by Crippen LogP contribution is -1.90. The Bertz CT molecular complexity index is 1360. The van der Waals surface area contributed by atoms with Crippen molar-refractivity contribution in [2.45, 2.75) is 0 Å². The van der Waals surface area contributed by atoms with Gasteiger partial charge < -0.3 is 4.74 Å². The van der Waals surface area contributed by atoms with E-state index in [0.29, 0.717) is 0 Å². The summed E-state index contributed by atoms with van der Waals surface area (Å²) in [4.78, 5) is 14.0. The fourth-order valence-electron chi connectivity index (χ4n) is 3.39. The normalized spacial score (nSPS) is 11.6. The summed E-state index contributed by atoms with van der Waals surface area (Å²) < 4.78 is 5.43. The van der Waals surface area contributed by atoms with Crippen LogP contribution < -0.4 is 4.74 Å². The summed E-state index contributed by atoms with van der Waals surface area (Å²) in [6, 6.07) is 22.2. The molecule has 0 spiro atoms. The summed E-state index contributed by atoms with van der Waals surface area (Å²) in [5.74, 6) is 0.772. The van der Waals surface area contributed by atoms with E-state index in [1.165, 1.54) is 0 Å². The fourth-order valence-corrected chi connectivity index (χ4v) is 3.39. The van der Waals surface area contributed by atoms with E-state index in [9.17, 15) is 0 Å². The lowest BCUT2D eigenvalue weighted by atomic mass is 10.1. The van der Waals surface area contributed by atoms with Gasteiger partial charge in [-0.1, -0.05) is 42.5 Å². The highest BCUT2D eigenvalue weighted by molar-refractivity contribution is 6.02. The Morgan fingerprint density at radius 1 is 0.643 bits per heavy atom. The molecule has 5 rings (SSSR count). The zero-order chi connectivity index (χ0) is 18.9. The van der Waals surface area contributed by atoms with Gasteiger partial charge >= 0.3 is 0 Å². The van der Waals surface area contributed by atoms with Gasteiger partial charge in [-0.05, 0) is 36.4 Å². The second kappa shape index (κ2) is 6.74. The van der Waals surface area contributed by atoms with Crippen LogP contribution in [0.4, 0.5) is 0 Å². The lowest BCUT2D eigenvalue weighted by Gasteiger charge is -2.05. The van der Waals surface area contributed by atoms with E-state index >= 15 is 0 Å². The molecule has 0 saturated heterocycles. The third kappa shape index (κ3) is 2.85. The van der Waals surface area contributed by atoms with Gasteiger partial charge in [0.25, 0.3) is 0 Å². The highest BCUT2D eigenvalue weighted by atomic mass is 16.5. The zero-order valence-corrected chi connectivity index (χ0v) is 15.3. The van der Waals surface area contributed by atoms with Crippen molar-refractivity contribution in [3.8, 4) is 5.75 Å². The maximum Gasteiger partial charge on any atom is 0.145 e. The molecule has 4 heteroatoms. The lowest BCUT2D eigenvalue weighted by molar-refractivity contribution is 0.419. The molecule has 0 fully saturated rings. The van der Waals surface area contributed by atoms with E-state index in [1.54, 1.807) is 13.3 Å². The number of benzene rings is 2. The third-order valence-electron chi connectivity index (χ3n) is 4.80. The van der Waals surface area contributed by atoms with Crippen molar-refractivity contribution in [3.05, 3.63) is 84.3 Å². The van der Waals surface area contributed by atoms with E-state index < -0.39 is 0 Å². The largest absolute Gasteiger partial charge is 0.494 e. The Morgan fingerprint density at radius 2 is 1.25 bits per heavy atom. The predicted molar refractivity (Wildman–Crippen MR) is 114 cm³/mol. The Balaban J connectivity index is 1.57. The maximum atomic E-state index is 5.43. The number of aromatic nitrogens is 3. The summed E-state index contributed by atoms with van der Waals surface area (Å²) in [5, 5.41) is 3.22. The van der Waals surface area contributed by atoms with E-state index in [0.717, 1.165) is 49.8 Å². The quantitative estimate of drug-likeness (QED) is 0.397. The highest BCUT2D eigenvalue weighted by Crippen LogP contribution is 2.25. The molecule has 0 unspecified atom stereocenters. The van der Waals surface area contributed by atoms with Crippen LogP contribution in [-0.4, -0.2) is 22.1 Å². The predicted octanol–water partition coefficient (Wildman–Crippen LogP) is 5.51. The summed E-state index contributed by atoms with van der Waals surface area (Å²) in [7, 11) is 1.66. The van der Waals surface area contributed by atoms with Crippen LogP contribution in [0.3, 0.4) is 0 Å². The minimum atomic E-state index is 0.772. The van der Waals surface area contributed by atoms with Crippen molar-refractivity contribution in [1.29, 1.82) is 0 Å². The van der Waals surface area contributed by atoms with Gasteiger partial charge in [-0.3, -0.25) is 4.98 Å². The van der Waals surface area contributed by atoms with Gasteiger partial charge in [0.1, 0.15) is 11.3 Å². The molecule has 0 amide bonds. The topological polar surface area (TPSA) is 47.9 Å². The van der Waals surface area contributed by atoms with Gasteiger partial charge in [0.2, 0.25) is 0 Å². The number of fused-ring (bicyclic) bond motifs is 4. The second-order valence-corrected chi connectivity index (χ2v) is 6.55. The molecule has 0 saturated carbocycles. The van der Waals surface area contributed by atoms with Crippen LogP contribution in [0.1, 0.15) is 11.4 Å². The zero-order valence-electron chi connectivity index (χ0n) is 15.3. The monoisotopic (exact) mass is 363 g/mol. The first-order valence-corrected chi connectivity index (χ1v) is 9.08. The molecule has 134 valence electrons. The molecule has 5 aromatic rings. The van der Waals surface area contributed by atoms with Crippen LogP contribution >= 0.6 is 0 Å². The molecule has 4 nitrogen and oxygen atoms in total. The smallest absolute Gasteiger partial charge is 0.145 e. The molecule has 0 aliphatic heterocycles. The molecule has 0 aliphatic rings. The molecule has 3 aromatic heterocycles. The van der Waals surface area contributed by atoms with Crippen molar-refractivity contribution in [2.24, 2.45) is 0 Å². The summed E-state index contributed by atoms with van der Waals surface area (Å²) >= 11 is 0. The van der Waals surface area contributed by atoms with Crippen molar-refractivity contribution < 1.29 is 4.74 Å². The van der Waals surface area contributed by atoms with Crippen LogP contribution in [-0.2, 0) is 0 Å². The number of nitrogens with zero attached hydrogens (tertiary/aromatic N) is 3. The van der Waals surface area contributed by atoms with Gasteiger partial charge in [-0.15, -0.1) is 0 Å². The van der Waals surface area contributed by atoms with E-state index in [1.807, 2.05) is 48.6 Å². The van der Waals surface area contributed by atoms with Gasteiger partial charge in [-0.2, -0.15) is 0 Å². The van der Waals surface area contributed by atoms with Gasteiger partial charge in [0.15, 0.2) is 0 Å². The summed E-state index contributed by atoms with van der Waals surface area (Å²) in [6.07, 6.45) is 5.75. The third-order valence-corrected chi connectivity index (χ3v) is 4.80. The van der Waals surface area contributed by atoms with Crippen LogP contribution in [0.25, 0.3) is 44.9 Å². The standard InChI is InChI=1S/C24H17N3O/c1-28-21-6-2-4-16-9-11-19(26-22(16)21)13-14-20-12-10-18-8-7-17-5-3-15-25-23(17)24(18)27-20/h2-15H,1H3. The van der Waals surface area contributed by atoms with Crippen LogP contribution in [0, 0.1) is 0 Å². The highest BCUT2D eigenvalue weighted by Gasteiger charge is 2.05. The fraction of sp³-hybridized carbons (Fsp3) is 0.0417. The number of rotatable bonds is 3. The van der Waals surface area contributed by atoms with E-state index in [2.05, 4.69) is 35.3 Å². The van der Waals surface area contributed by atoms with Crippen LogP contribution in [0.2, 0.25) is 0 Å². The van der Waals surface area contributed by atoms with Gasteiger partial charge in [0, 0.05) is 22.4 Å². The number of methoxy groups -OCH3 is 1. The average molecular weight is 363 g/mol. The number of para-hydroxylation sites is 1. The first kappa shape index (κ1) is 16.4. The van der Waals surface area contributed by atoms with Crippen molar-refractivity contribution in [1.82, 2.24) is 15.0 Å². The van der Waals surface area contributed by atoms with E-state index in [-0.39, 0.29) is 0 Å². The van der Waals surface area contributed by atoms with Crippen LogP contribution in [0.15, 0.2) is 72.9 Å². The Hall–Kier alpha value is -3.79. The Morgan fingerprint density at radius 3 is 2.00 bits per heavy atom. The second-order valence-electron chi connectivity index (χ2n) is 6.55. The van der Waals surface area contributed by atoms with Crippen molar-refractivity contribution in [2.75, 3.05) is 7.11 Å². The molecule has 2 aromatic carbocycles. The molecule has 0 radical (unpaired) electrons. The molecule has 3 heterocycles. The van der Waals surface area contributed by atoms with Crippen LogP contribution in [0.5, 0.6) is 5.75 Å². The molecule has 0 bridgehead atoms. The number of ether oxygens (including phenoxy) is 1. The number of hydrogen-bond donors (Lipinski definition) is 0. The molecule has 28 heavy (non-hydrogen) atoms. The first-order valence-electron chi connectivity index (χ1n) is 9.08. The minimum absolute atomic E-state index is 0.772. The number of pyridine rings is 3. The van der Waals surface area contributed by atoms with Gasteiger partial charge in [-0.25, -0.2) is 9.97 Å². The minimum Gasteiger partial charge on any atom is -0.494 e. The first-order chi connectivity index (χ1) is 13.8. The SMILES string of the molecule is COc1cccc2ccc(C=Cc3ccc4ccc5cccnc5c4n3)nc12. The van der Waals surface area contributed by atoms with Crippen molar-refractivity contribution >= 4 is 44.9 Å². The maximum absolute atomic E-state index is 5.43.